The Kier molecular flexibility index (Phi) is 5.18. The second kappa shape index (κ2) is 7.31. The van der Waals surface area contributed by atoms with Crippen LogP contribution in [-0.2, 0) is 0 Å². The Balaban J connectivity index is 1.94. The number of nitriles is 1. The average Bonchev–Trinajstić information content (AvgIpc) is 2.52. The number of rotatable bonds is 6. The summed E-state index contributed by atoms with van der Waals surface area (Å²) in [6, 6.07) is 15.9. The van der Waals surface area contributed by atoms with Crippen molar-refractivity contribution in [2.45, 2.75) is 4.90 Å². The van der Waals surface area contributed by atoms with Crippen molar-refractivity contribution in [1.29, 1.82) is 5.26 Å². The molecular weight excluding hydrogens is 288 g/mol. The first kappa shape index (κ1) is 14.9. The van der Waals surface area contributed by atoms with Crippen LogP contribution in [0.5, 0.6) is 5.75 Å². The molecule has 0 N–H and O–H groups in total. The summed E-state index contributed by atoms with van der Waals surface area (Å²) in [5.74, 6) is 0.869. The second-order valence-corrected chi connectivity index (χ2v) is 5.23. The van der Waals surface area contributed by atoms with Gasteiger partial charge in [0.05, 0.1) is 23.2 Å². The van der Waals surface area contributed by atoms with E-state index in [0.29, 0.717) is 12.4 Å². The van der Waals surface area contributed by atoms with Crippen LogP contribution in [0, 0.1) is 21.4 Å². The Labute approximate surface area is 126 Å². The number of benzene rings is 2. The van der Waals surface area contributed by atoms with E-state index in [4.69, 9.17) is 10.00 Å². The normalized spacial score (nSPS) is 9.86. The number of ether oxygens (including phenoxy) is 1. The summed E-state index contributed by atoms with van der Waals surface area (Å²) in [7, 11) is 0. The van der Waals surface area contributed by atoms with E-state index in [2.05, 4.69) is 0 Å². The fourth-order valence-electron chi connectivity index (χ4n) is 1.68. The van der Waals surface area contributed by atoms with Gasteiger partial charge in [-0.1, -0.05) is 18.2 Å². The Morgan fingerprint density at radius 2 is 2.00 bits per heavy atom. The van der Waals surface area contributed by atoms with Crippen molar-refractivity contribution in [3.8, 4) is 11.8 Å². The van der Waals surface area contributed by atoms with E-state index >= 15 is 0 Å². The molecule has 2 rings (SSSR count). The summed E-state index contributed by atoms with van der Waals surface area (Å²) in [6.07, 6.45) is 0. The van der Waals surface area contributed by atoms with Crippen LogP contribution < -0.4 is 4.74 Å². The van der Waals surface area contributed by atoms with E-state index in [0.717, 1.165) is 4.90 Å². The zero-order valence-electron chi connectivity index (χ0n) is 11.1. The molecule has 0 amide bonds. The van der Waals surface area contributed by atoms with Gasteiger partial charge in [0.25, 0.3) is 0 Å². The molecule has 2 aromatic rings. The number of nitro benzene ring substituents is 1. The maximum atomic E-state index is 11.0. The van der Waals surface area contributed by atoms with Gasteiger partial charge in [-0.15, -0.1) is 11.8 Å². The van der Waals surface area contributed by atoms with Gasteiger partial charge in [0.15, 0.2) is 5.75 Å². The monoisotopic (exact) mass is 300 g/mol. The first-order valence-electron chi connectivity index (χ1n) is 6.20. The molecular formula is C15H12N2O3S. The Bertz CT molecular complexity index is 668. The fourth-order valence-corrected chi connectivity index (χ4v) is 2.43. The molecule has 106 valence electrons. The maximum absolute atomic E-state index is 11.0. The molecule has 5 nitrogen and oxygen atoms in total. The van der Waals surface area contributed by atoms with Crippen LogP contribution in [0.4, 0.5) is 5.69 Å². The van der Waals surface area contributed by atoms with Gasteiger partial charge in [-0.25, -0.2) is 0 Å². The number of hydrogen-bond donors (Lipinski definition) is 0. The van der Waals surface area contributed by atoms with Crippen LogP contribution in [0.15, 0.2) is 53.4 Å². The summed E-state index contributed by atoms with van der Waals surface area (Å²) in [5, 5.41) is 19.7. The van der Waals surface area contributed by atoms with Gasteiger partial charge < -0.3 is 4.74 Å². The minimum atomic E-state index is -0.541. The molecule has 0 aliphatic heterocycles. The van der Waals surface area contributed by atoms with Crippen molar-refractivity contribution in [2.75, 3.05) is 12.4 Å². The van der Waals surface area contributed by atoms with Gasteiger partial charge in [0.2, 0.25) is 0 Å². The van der Waals surface area contributed by atoms with Crippen molar-refractivity contribution >= 4 is 17.4 Å². The van der Waals surface area contributed by atoms with Crippen LogP contribution in [-0.4, -0.2) is 17.3 Å². The maximum Gasteiger partial charge on any atom is 0.312 e. The largest absolute Gasteiger partial charge is 0.486 e. The molecule has 0 radical (unpaired) electrons. The summed E-state index contributed by atoms with van der Waals surface area (Å²) < 4.78 is 5.45. The summed E-state index contributed by atoms with van der Waals surface area (Å²) in [4.78, 5) is 11.5. The van der Waals surface area contributed by atoms with Gasteiger partial charge in [0.1, 0.15) is 0 Å². The van der Waals surface area contributed by atoms with E-state index in [9.17, 15) is 10.1 Å². The predicted octanol–water partition coefficient (Wildman–Crippen LogP) is 3.64. The summed E-state index contributed by atoms with van der Waals surface area (Å²) >= 11 is 1.61. The molecule has 0 fully saturated rings. The van der Waals surface area contributed by atoms with Gasteiger partial charge >= 0.3 is 5.69 Å². The highest BCUT2D eigenvalue weighted by Crippen LogP contribution is 2.28. The van der Waals surface area contributed by atoms with Crippen molar-refractivity contribution in [3.05, 3.63) is 64.2 Å². The highest BCUT2D eigenvalue weighted by molar-refractivity contribution is 7.99. The molecule has 0 aliphatic carbocycles. The van der Waals surface area contributed by atoms with Crippen LogP contribution in [0.1, 0.15) is 5.56 Å². The third-order valence-corrected chi connectivity index (χ3v) is 3.61. The average molecular weight is 300 g/mol. The lowest BCUT2D eigenvalue weighted by molar-refractivity contribution is -0.385. The minimum absolute atomic E-state index is 0.182. The number of nitrogens with zero attached hydrogens (tertiary/aromatic N) is 2. The van der Waals surface area contributed by atoms with Gasteiger partial charge in [-0.3, -0.25) is 10.1 Å². The SMILES string of the molecule is N#Cc1ccc(OCCSc2ccccc2)c([N+](=O)[O-])c1. The lowest BCUT2D eigenvalue weighted by Crippen LogP contribution is -2.03. The molecule has 21 heavy (non-hydrogen) atoms. The van der Waals surface area contributed by atoms with Crippen molar-refractivity contribution in [2.24, 2.45) is 0 Å². The molecule has 0 aromatic heterocycles. The molecule has 0 spiro atoms. The molecule has 2 aromatic carbocycles. The first-order valence-corrected chi connectivity index (χ1v) is 7.18. The van der Waals surface area contributed by atoms with E-state index in [1.165, 1.54) is 18.2 Å². The Hall–Kier alpha value is -2.52. The summed E-state index contributed by atoms with van der Waals surface area (Å²) in [6.45, 7) is 0.353. The van der Waals surface area contributed by atoms with E-state index in [-0.39, 0.29) is 17.0 Å². The van der Waals surface area contributed by atoms with E-state index < -0.39 is 4.92 Å². The van der Waals surface area contributed by atoms with E-state index in [1.54, 1.807) is 11.8 Å². The summed E-state index contributed by atoms with van der Waals surface area (Å²) in [5.41, 5.74) is 0.0615. The molecule has 0 atom stereocenters. The van der Waals surface area contributed by atoms with Crippen LogP contribution in [0.3, 0.4) is 0 Å². The fraction of sp³-hybridized carbons (Fsp3) is 0.133. The smallest absolute Gasteiger partial charge is 0.312 e. The molecule has 0 saturated heterocycles. The number of thioether (sulfide) groups is 1. The molecule has 0 unspecified atom stereocenters. The third-order valence-electron chi connectivity index (χ3n) is 2.64. The highest BCUT2D eigenvalue weighted by atomic mass is 32.2. The molecule has 0 saturated carbocycles. The topological polar surface area (TPSA) is 76.2 Å². The molecule has 0 heterocycles. The van der Waals surface area contributed by atoms with Crippen LogP contribution >= 0.6 is 11.8 Å². The zero-order chi connectivity index (χ0) is 15.1. The highest BCUT2D eigenvalue weighted by Gasteiger charge is 2.15. The Morgan fingerprint density at radius 3 is 2.67 bits per heavy atom. The van der Waals surface area contributed by atoms with Crippen LogP contribution in [0.2, 0.25) is 0 Å². The van der Waals surface area contributed by atoms with Crippen molar-refractivity contribution in [3.63, 3.8) is 0 Å². The molecule has 6 heteroatoms. The first-order chi connectivity index (χ1) is 10.2. The van der Waals surface area contributed by atoms with Gasteiger partial charge in [-0.05, 0) is 24.3 Å². The van der Waals surface area contributed by atoms with Crippen molar-refractivity contribution in [1.82, 2.24) is 0 Å². The minimum Gasteiger partial charge on any atom is -0.486 e. The van der Waals surface area contributed by atoms with Crippen LogP contribution in [0.25, 0.3) is 0 Å². The third kappa shape index (κ3) is 4.23. The standard InChI is InChI=1S/C15H12N2O3S/c16-11-12-6-7-15(14(10-12)17(18)19)20-8-9-21-13-4-2-1-3-5-13/h1-7,10H,8-9H2. The quantitative estimate of drug-likeness (QED) is 0.352. The van der Waals surface area contributed by atoms with Gasteiger partial charge in [-0.2, -0.15) is 5.26 Å². The Morgan fingerprint density at radius 1 is 1.24 bits per heavy atom. The zero-order valence-corrected chi connectivity index (χ0v) is 11.9. The van der Waals surface area contributed by atoms with Gasteiger partial charge in [0, 0.05) is 16.7 Å². The second-order valence-electron chi connectivity index (χ2n) is 4.06. The lowest BCUT2D eigenvalue weighted by atomic mass is 10.2. The van der Waals surface area contributed by atoms with E-state index in [1.807, 2.05) is 36.4 Å². The number of nitro groups is 1. The molecule has 0 aliphatic rings. The van der Waals surface area contributed by atoms with Crippen molar-refractivity contribution < 1.29 is 9.66 Å². The number of hydrogen-bond acceptors (Lipinski definition) is 5. The predicted molar refractivity (Wildman–Crippen MR) is 80.5 cm³/mol. The lowest BCUT2D eigenvalue weighted by Gasteiger charge is -2.06. The molecule has 0 bridgehead atoms.